The standard InChI is InChI=1S/C20H22BrN3O2S/c1-13-5-14(2)7-16(6-13)26-11-15-8-19(27-12-15)20(25)23(3)10-18-17(21)9-22-24(18)4/h5-9,12H,10-11H2,1-4H3. The van der Waals surface area contributed by atoms with Gasteiger partial charge in [0.1, 0.15) is 12.4 Å². The third kappa shape index (κ3) is 4.78. The zero-order valence-electron chi connectivity index (χ0n) is 15.8. The highest BCUT2D eigenvalue weighted by molar-refractivity contribution is 9.10. The number of ether oxygens (including phenoxy) is 1. The second-order valence-electron chi connectivity index (χ2n) is 6.66. The van der Waals surface area contributed by atoms with E-state index >= 15 is 0 Å². The molecule has 3 aromatic rings. The van der Waals surface area contributed by atoms with Crippen molar-refractivity contribution in [2.45, 2.75) is 27.0 Å². The van der Waals surface area contributed by atoms with E-state index < -0.39 is 0 Å². The van der Waals surface area contributed by atoms with Gasteiger partial charge in [-0.3, -0.25) is 9.48 Å². The molecule has 0 unspecified atom stereocenters. The van der Waals surface area contributed by atoms with Gasteiger partial charge in [0.2, 0.25) is 0 Å². The van der Waals surface area contributed by atoms with Gasteiger partial charge < -0.3 is 9.64 Å². The Morgan fingerprint density at radius 1 is 1.26 bits per heavy atom. The largest absolute Gasteiger partial charge is 0.489 e. The van der Waals surface area contributed by atoms with E-state index in [1.54, 1.807) is 22.8 Å². The number of benzene rings is 1. The fourth-order valence-electron chi connectivity index (χ4n) is 2.84. The summed E-state index contributed by atoms with van der Waals surface area (Å²) in [7, 11) is 3.67. The number of hydrogen-bond donors (Lipinski definition) is 0. The van der Waals surface area contributed by atoms with Crippen molar-refractivity contribution >= 4 is 33.2 Å². The van der Waals surface area contributed by atoms with Crippen LogP contribution in [-0.4, -0.2) is 27.6 Å². The first-order valence-electron chi connectivity index (χ1n) is 8.54. The molecule has 0 bridgehead atoms. The van der Waals surface area contributed by atoms with Crippen molar-refractivity contribution in [2.75, 3.05) is 7.05 Å². The molecule has 0 aliphatic carbocycles. The molecule has 0 radical (unpaired) electrons. The van der Waals surface area contributed by atoms with E-state index in [0.717, 1.165) is 21.5 Å². The number of carbonyl (C=O) groups excluding carboxylic acids is 1. The predicted octanol–water partition coefficient (Wildman–Crippen LogP) is 4.71. The molecule has 0 aliphatic heterocycles. The van der Waals surface area contributed by atoms with E-state index in [-0.39, 0.29) is 5.91 Å². The molecule has 2 aromatic heterocycles. The highest BCUT2D eigenvalue weighted by Crippen LogP contribution is 2.22. The maximum Gasteiger partial charge on any atom is 0.264 e. The first-order valence-corrected chi connectivity index (χ1v) is 10.2. The predicted molar refractivity (Wildman–Crippen MR) is 111 cm³/mol. The molecule has 7 heteroatoms. The Morgan fingerprint density at radius 3 is 2.59 bits per heavy atom. The van der Waals surface area contributed by atoms with E-state index in [1.165, 1.54) is 22.5 Å². The molecule has 3 rings (SSSR count). The molecule has 1 amide bonds. The van der Waals surface area contributed by atoms with Crippen LogP contribution in [0.5, 0.6) is 5.75 Å². The quantitative estimate of drug-likeness (QED) is 0.549. The average molecular weight is 448 g/mol. The lowest BCUT2D eigenvalue weighted by atomic mass is 10.1. The summed E-state index contributed by atoms with van der Waals surface area (Å²) in [5.74, 6) is 0.843. The lowest BCUT2D eigenvalue weighted by Crippen LogP contribution is -2.26. The smallest absolute Gasteiger partial charge is 0.264 e. The molecular formula is C20H22BrN3O2S. The third-order valence-corrected chi connectivity index (χ3v) is 5.84. The molecule has 0 N–H and O–H groups in total. The van der Waals surface area contributed by atoms with Crippen molar-refractivity contribution in [3.63, 3.8) is 0 Å². The minimum Gasteiger partial charge on any atom is -0.489 e. The van der Waals surface area contributed by atoms with Gasteiger partial charge in [0.15, 0.2) is 0 Å². The summed E-state index contributed by atoms with van der Waals surface area (Å²) in [6.45, 7) is 5.04. The summed E-state index contributed by atoms with van der Waals surface area (Å²) in [6.07, 6.45) is 1.74. The van der Waals surface area contributed by atoms with E-state index in [9.17, 15) is 4.79 Å². The molecule has 0 saturated carbocycles. The number of nitrogens with zero attached hydrogens (tertiary/aromatic N) is 3. The van der Waals surface area contributed by atoms with Crippen molar-refractivity contribution in [1.29, 1.82) is 0 Å². The maximum atomic E-state index is 12.7. The number of amides is 1. The monoisotopic (exact) mass is 447 g/mol. The number of carbonyl (C=O) groups is 1. The van der Waals surface area contributed by atoms with Crippen LogP contribution >= 0.6 is 27.3 Å². The van der Waals surface area contributed by atoms with Crippen LogP contribution in [0, 0.1) is 13.8 Å². The zero-order chi connectivity index (χ0) is 19.6. The van der Waals surface area contributed by atoms with Crippen molar-refractivity contribution in [2.24, 2.45) is 7.05 Å². The number of hydrogen-bond acceptors (Lipinski definition) is 4. The van der Waals surface area contributed by atoms with Crippen LogP contribution in [0.25, 0.3) is 0 Å². The van der Waals surface area contributed by atoms with Gasteiger partial charge in [0.05, 0.1) is 27.8 Å². The Bertz CT molecular complexity index is 924. The molecule has 0 spiro atoms. The van der Waals surface area contributed by atoms with Crippen LogP contribution in [0.1, 0.15) is 32.1 Å². The molecule has 27 heavy (non-hydrogen) atoms. The van der Waals surface area contributed by atoms with E-state index in [0.29, 0.717) is 18.0 Å². The molecular weight excluding hydrogens is 426 g/mol. The Labute approximate surface area is 171 Å². The molecule has 0 saturated heterocycles. The molecule has 0 fully saturated rings. The van der Waals surface area contributed by atoms with Gasteiger partial charge in [-0.25, -0.2) is 0 Å². The van der Waals surface area contributed by atoms with Gasteiger partial charge in [-0.2, -0.15) is 5.10 Å². The molecule has 1 aromatic carbocycles. The van der Waals surface area contributed by atoms with Gasteiger partial charge in [-0.15, -0.1) is 11.3 Å². The van der Waals surface area contributed by atoms with Crippen molar-refractivity contribution in [3.8, 4) is 5.75 Å². The van der Waals surface area contributed by atoms with Crippen LogP contribution in [-0.2, 0) is 20.2 Å². The molecule has 2 heterocycles. The highest BCUT2D eigenvalue weighted by Gasteiger charge is 2.17. The average Bonchev–Trinajstić information content (AvgIpc) is 3.20. The van der Waals surface area contributed by atoms with Gasteiger partial charge in [0.25, 0.3) is 5.91 Å². The topological polar surface area (TPSA) is 47.4 Å². The zero-order valence-corrected chi connectivity index (χ0v) is 18.2. The Hall–Kier alpha value is -2.12. The summed E-state index contributed by atoms with van der Waals surface area (Å²) < 4.78 is 8.56. The highest BCUT2D eigenvalue weighted by atomic mass is 79.9. The Kier molecular flexibility index (Phi) is 6.01. The second kappa shape index (κ2) is 8.27. The normalized spacial score (nSPS) is 10.9. The number of thiophene rings is 1. The molecule has 142 valence electrons. The fraction of sp³-hybridized carbons (Fsp3) is 0.300. The van der Waals surface area contributed by atoms with Gasteiger partial charge in [0, 0.05) is 19.7 Å². The Balaban J connectivity index is 1.63. The first kappa shape index (κ1) is 19.6. The second-order valence-corrected chi connectivity index (χ2v) is 8.42. The van der Waals surface area contributed by atoms with Gasteiger partial charge in [-0.1, -0.05) is 6.07 Å². The van der Waals surface area contributed by atoms with Crippen LogP contribution in [0.2, 0.25) is 0 Å². The fourth-order valence-corrected chi connectivity index (χ4v) is 4.21. The lowest BCUT2D eigenvalue weighted by molar-refractivity contribution is 0.0786. The third-order valence-electron chi connectivity index (χ3n) is 4.21. The Morgan fingerprint density at radius 2 is 1.96 bits per heavy atom. The molecule has 0 aliphatic rings. The number of halogens is 1. The summed E-state index contributed by atoms with van der Waals surface area (Å²) in [5, 5.41) is 6.16. The lowest BCUT2D eigenvalue weighted by Gasteiger charge is -2.16. The minimum atomic E-state index is -0.00856. The summed E-state index contributed by atoms with van der Waals surface area (Å²) in [4.78, 5) is 15.1. The molecule has 5 nitrogen and oxygen atoms in total. The van der Waals surface area contributed by atoms with E-state index in [4.69, 9.17) is 4.74 Å². The van der Waals surface area contributed by atoms with Crippen LogP contribution in [0.4, 0.5) is 0 Å². The summed E-state index contributed by atoms with van der Waals surface area (Å²) >= 11 is 4.92. The van der Waals surface area contributed by atoms with Gasteiger partial charge >= 0.3 is 0 Å². The van der Waals surface area contributed by atoms with Crippen molar-refractivity contribution < 1.29 is 9.53 Å². The van der Waals surface area contributed by atoms with Crippen LogP contribution < -0.4 is 4.74 Å². The summed E-state index contributed by atoms with van der Waals surface area (Å²) in [5.41, 5.74) is 4.31. The van der Waals surface area contributed by atoms with E-state index in [1.807, 2.05) is 30.6 Å². The van der Waals surface area contributed by atoms with Crippen molar-refractivity contribution in [3.05, 3.63) is 67.6 Å². The maximum absolute atomic E-state index is 12.7. The van der Waals surface area contributed by atoms with Crippen LogP contribution in [0.3, 0.4) is 0 Å². The SMILES string of the molecule is Cc1cc(C)cc(OCc2csc(C(=O)N(C)Cc3c(Br)cnn3C)c2)c1. The number of aryl methyl sites for hydroxylation is 3. The van der Waals surface area contributed by atoms with E-state index in [2.05, 4.69) is 40.9 Å². The van der Waals surface area contributed by atoms with Crippen LogP contribution in [0.15, 0.2) is 40.3 Å². The molecule has 0 atom stereocenters. The van der Waals surface area contributed by atoms with Gasteiger partial charge in [-0.05, 0) is 64.5 Å². The van der Waals surface area contributed by atoms with Crippen molar-refractivity contribution in [1.82, 2.24) is 14.7 Å². The first-order chi connectivity index (χ1) is 12.8. The minimum absolute atomic E-state index is 0.00856. The summed E-state index contributed by atoms with van der Waals surface area (Å²) in [6, 6.07) is 8.06. The number of aromatic nitrogens is 2. The number of rotatable bonds is 6.